The van der Waals surface area contributed by atoms with Crippen molar-refractivity contribution in [1.82, 2.24) is 19.9 Å². The minimum absolute atomic E-state index is 0.0187. The fourth-order valence-corrected chi connectivity index (χ4v) is 4.10. The molecular formula is C23H18ClF5N4O2. The first kappa shape index (κ1) is 24.8. The molecule has 0 radical (unpaired) electrons. The Morgan fingerprint density at radius 3 is 2.51 bits per heavy atom. The number of likely N-dealkylation sites (tertiary alicyclic amines) is 1. The summed E-state index contributed by atoms with van der Waals surface area (Å²) in [6.45, 7) is 2.03. The number of halogens is 6. The predicted octanol–water partition coefficient (Wildman–Crippen LogP) is 5.56. The van der Waals surface area contributed by atoms with Gasteiger partial charge < -0.3 is 9.64 Å². The maximum Gasteiger partial charge on any atom is 0.417 e. The molecular weight excluding hydrogens is 495 g/mol. The van der Waals surface area contributed by atoms with E-state index in [1.54, 1.807) is 6.92 Å². The van der Waals surface area contributed by atoms with Crippen molar-refractivity contribution in [2.24, 2.45) is 0 Å². The molecule has 1 saturated heterocycles. The first-order valence-electron chi connectivity index (χ1n) is 10.5. The smallest absolute Gasteiger partial charge is 0.417 e. The van der Waals surface area contributed by atoms with Crippen molar-refractivity contribution < 1.29 is 31.5 Å². The Kier molecular flexibility index (Phi) is 6.88. The van der Waals surface area contributed by atoms with Crippen molar-refractivity contribution in [3.63, 3.8) is 0 Å². The van der Waals surface area contributed by atoms with E-state index in [0.717, 1.165) is 24.5 Å². The SMILES string of the molecule is C[C@H]1[C@H](Oc2ncc(C(F)(F)F)cc2Cl)CCCN1C(=O)c1cccc(F)c1-c1ncc(F)cn1. The molecule has 3 heterocycles. The molecule has 0 bridgehead atoms. The zero-order valence-corrected chi connectivity index (χ0v) is 18.9. The Labute approximate surface area is 201 Å². The number of ether oxygens (including phenoxy) is 1. The molecule has 12 heteroatoms. The molecule has 2 atom stereocenters. The van der Waals surface area contributed by atoms with Crippen LogP contribution in [-0.4, -0.2) is 44.4 Å². The lowest BCUT2D eigenvalue weighted by Crippen LogP contribution is -2.51. The van der Waals surface area contributed by atoms with Crippen molar-refractivity contribution in [2.45, 2.75) is 38.1 Å². The topological polar surface area (TPSA) is 68.2 Å². The molecule has 4 rings (SSSR count). The first-order chi connectivity index (χ1) is 16.6. The molecule has 35 heavy (non-hydrogen) atoms. The summed E-state index contributed by atoms with van der Waals surface area (Å²) >= 11 is 5.96. The van der Waals surface area contributed by atoms with Crippen molar-refractivity contribution in [3.05, 3.63) is 70.6 Å². The lowest BCUT2D eigenvalue weighted by molar-refractivity contribution is -0.137. The molecule has 1 fully saturated rings. The third kappa shape index (κ3) is 5.19. The molecule has 2 aromatic heterocycles. The van der Waals surface area contributed by atoms with Gasteiger partial charge in [-0.05, 0) is 38.0 Å². The number of nitrogens with zero attached hydrogens (tertiary/aromatic N) is 4. The Bertz CT molecular complexity index is 1240. The summed E-state index contributed by atoms with van der Waals surface area (Å²) in [6.07, 6.45) is -1.87. The maximum atomic E-state index is 14.7. The van der Waals surface area contributed by atoms with Gasteiger partial charge in [-0.3, -0.25) is 4.79 Å². The number of alkyl halides is 3. The van der Waals surface area contributed by atoms with Crippen molar-refractivity contribution >= 4 is 17.5 Å². The van der Waals surface area contributed by atoms with Gasteiger partial charge in [0.1, 0.15) is 16.9 Å². The van der Waals surface area contributed by atoms with Crippen molar-refractivity contribution in [3.8, 4) is 17.3 Å². The monoisotopic (exact) mass is 512 g/mol. The van der Waals surface area contributed by atoms with Gasteiger partial charge in [-0.1, -0.05) is 17.7 Å². The van der Waals surface area contributed by atoms with Gasteiger partial charge in [-0.25, -0.2) is 23.7 Å². The van der Waals surface area contributed by atoms with E-state index >= 15 is 0 Å². The highest BCUT2D eigenvalue weighted by Gasteiger charge is 2.36. The van der Waals surface area contributed by atoms with Crippen molar-refractivity contribution in [2.75, 3.05) is 6.54 Å². The molecule has 0 N–H and O–H groups in total. The average Bonchev–Trinajstić information content (AvgIpc) is 2.81. The number of benzene rings is 1. The van der Waals surface area contributed by atoms with Crippen LogP contribution in [0.15, 0.2) is 42.9 Å². The summed E-state index contributed by atoms with van der Waals surface area (Å²) in [4.78, 5) is 26.2. The number of hydrogen-bond acceptors (Lipinski definition) is 5. The Balaban J connectivity index is 1.59. The maximum absolute atomic E-state index is 14.7. The second-order valence-corrected chi connectivity index (χ2v) is 8.34. The molecule has 1 aliphatic heterocycles. The standard InChI is InChI=1S/C23H18ClF5N4O2/c1-12-18(35-21-16(24)8-13(9-32-21)23(27,28)29)6-3-7-33(12)22(34)15-4-2-5-17(26)19(15)20-30-10-14(25)11-31-20/h2,4-5,8-12,18H,3,6-7H2,1H3/t12-,18+/m0/s1. The van der Waals surface area contributed by atoms with Gasteiger partial charge in [0.15, 0.2) is 11.6 Å². The lowest BCUT2D eigenvalue weighted by Gasteiger charge is -2.39. The largest absolute Gasteiger partial charge is 0.471 e. The van der Waals surface area contributed by atoms with Gasteiger partial charge in [0.05, 0.1) is 35.1 Å². The molecule has 1 aromatic carbocycles. The van der Waals surface area contributed by atoms with E-state index in [4.69, 9.17) is 16.3 Å². The zero-order valence-electron chi connectivity index (χ0n) is 18.2. The van der Waals surface area contributed by atoms with Crippen LogP contribution < -0.4 is 4.74 Å². The number of rotatable bonds is 4. The highest BCUT2D eigenvalue weighted by Crippen LogP contribution is 2.35. The van der Waals surface area contributed by atoms with Crippen molar-refractivity contribution in [1.29, 1.82) is 0 Å². The number of carbonyl (C=O) groups excluding carboxylic acids is 1. The summed E-state index contributed by atoms with van der Waals surface area (Å²) in [7, 11) is 0. The molecule has 0 saturated carbocycles. The van der Waals surface area contributed by atoms with Crippen LogP contribution >= 0.6 is 11.6 Å². The van der Waals surface area contributed by atoms with E-state index in [1.807, 2.05) is 0 Å². The van der Waals surface area contributed by atoms with E-state index in [9.17, 15) is 26.7 Å². The van der Waals surface area contributed by atoms with Crippen LogP contribution in [0.3, 0.4) is 0 Å². The second kappa shape index (κ2) is 9.73. The van der Waals surface area contributed by atoms with E-state index in [0.29, 0.717) is 25.6 Å². The molecule has 1 amide bonds. The number of hydrogen-bond donors (Lipinski definition) is 0. The van der Waals surface area contributed by atoms with E-state index in [2.05, 4.69) is 15.0 Å². The highest BCUT2D eigenvalue weighted by molar-refractivity contribution is 6.31. The molecule has 3 aromatic rings. The van der Waals surface area contributed by atoms with Crippen LogP contribution in [0.25, 0.3) is 11.4 Å². The molecule has 1 aliphatic rings. The average molecular weight is 513 g/mol. The summed E-state index contributed by atoms with van der Waals surface area (Å²) in [5, 5.41) is -0.309. The number of carbonyl (C=O) groups is 1. The van der Waals surface area contributed by atoms with E-state index in [-0.39, 0.29) is 27.9 Å². The molecule has 0 unspecified atom stereocenters. The quantitative estimate of drug-likeness (QED) is 0.428. The predicted molar refractivity (Wildman–Crippen MR) is 116 cm³/mol. The normalized spacial score (nSPS) is 18.4. The number of piperidine rings is 1. The zero-order chi connectivity index (χ0) is 25.3. The van der Waals surface area contributed by atoms with Crippen LogP contribution in [0.1, 0.15) is 35.7 Å². The third-order valence-electron chi connectivity index (χ3n) is 5.66. The first-order valence-corrected chi connectivity index (χ1v) is 10.9. The molecule has 184 valence electrons. The summed E-state index contributed by atoms with van der Waals surface area (Å²) < 4.78 is 72.4. The van der Waals surface area contributed by atoms with E-state index in [1.165, 1.54) is 17.0 Å². The van der Waals surface area contributed by atoms with Gasteiger partial charge in [0, 0.05) is 12.7 Å². The summed E-state index contributed by atoms with van der Waals surface area (Å²) in [6, 6.07) is 4.09. The van der Waals surface area contributed by atoms with Crippen LogP contribution in [0.2, 0.25) is 5.02 Å². The minimum Gasteiger partial charge on any atom is -0.471 e. The fraction of sp³-hybridized carbons (Fsp3) is 0.304. The number of aromatic nitrogens is 3. The van der Waals surface area contributed by atoms with Crippen LogP contribution in [0.5, 0.6) is 5.88 Å². The van der Waals surface area contributed by atoms with Crippen LogP contribution in [0, 0.1) is 11.6 Å². The highest BCUT2D eigenvalue weighted by atomic mass is 35.5. The summed E-state index contributed by atoms with van der Waals surface area (Å²) in [5.41, 5.74) is -1.19. The minimum atomic E-state index is -4.60. The molecule has 0 aliphatic carbocycles. The van der Waals surface area contributed by atoms with Crippen LogP contribution in [0.4, 0.5) is 22.0 Å². The Morgan fingerprint density at radius 1 is 1.14 bits per heavy atom. The second-order valence-electron chi connectivity index (χ2n) is 7.93. The number of pyridine rings is 1. The lowest BCUT2D eigenvalue weighted by atomic mass is 9.97. The fourth-order valence-electron chi connectivity index (χ4n) is 3.89. The Hall–Kier alpha value is -3.34. The van der Waals surface area contributed by atoms with E-state index < -0.39 is 41.4 Å². The van der Waals surface area contributed by atoms with Crippen LogP contribution in [-0.2, 0) is 6.18 Å². The molecule has 6 nitrogen and oxygen atoms in total. The summed E-state index contributed by atoms with van der Waals surface area (Å²) in [5.74, 6) is -2.32. The van der Waals surface area contributed by atoms with Gasteiger partial charge in [-0.15, -0.1) is 0 Å². The van der Waals surface area contributed by atoms with Gasteiger partial charge >= 0.3 is 6.18 Å². The number of amides is 1. The third-order valence-corrected chi connectivity index (χ3v) is 5.93. The Morgan fingerprint density at radius 2 is 1.86 bits per heavy atom. The van der Waals surface area contributed by atoms with Gasteiger partial charge in [0.2, 0.25) is 5.88 Å². The van der Waals surface area contributed by atoms with Gasteiger partial charge in [-0.2, -0.15) is 13.2 Å². The molecule has 0 spiro atoms. The van der Waals surface area contributed by atoms with Gasteiger partial charge in [0.25, 0.3) is 5.91 Å².